The Morgan fingerprint density at radius 1 is 1.32 bits per heavy atom. The number of ether oxygens (including phenoxy) is 1. The summed E-state index contributed by atoms with van der Waals surface area (Å²) in [5.74, 6) is 0.516. The summed E-state index contributed by atoms with van der Waals surface area (Å²) < 4.78 is 5.34. The van der Waals surface area contributed by atoms with Crippen LogP contribution >= 0.6 is 35.6 Å². The predicted octanol–water partition coefficient (Wildman–Crippen LogP) is 3.19. The van der Waals surface area contributed by atoms with Gasteiger partial charge in [-0.1, -0.05) is 17.7 Å². The highest BCUT2D eigenvalue weighted by atomic mass is 127. The van der Waals surface area contributed by atoms with E-state index >= 15 is 0 Å². The van der Waals surface area contributed by atoms with E-state index in [4.69, 9.17) is 16.3 Å². The summed E-state index contributed by atoms with van der Waals surface area (Å²) in [5, 5.41) is 9.60. The van der Waals surface area contributed by atoms with Crippen molar-refractivity contribution in [2.75, 3.05) is 32.6 Å². The third kappa shape index (κ3) is 9.27. The molecule has 1 aromatic carbocycles. The zero-order valence-corrected chi connectivity index (χ0v) is 18.5. The van der Waals surface area contributed by atoms with Crippen molar-refractivity contribution in [3.05, 3.63) is 28.8 Å². The van der Waals surface area contributed by atoms with Crippen molar-refractivity contribution < 1.29 is 9.53 Å². The van der Waals surface area contributed by atoms with Gasteiger partial charge in [0.05, 0.1) is 16.3 Å². The first-order valence-corrected chi connectivity index (χ1v) is 8.21. The molecule has 0 heterocycles. The van der Waals surface area contributed by atoms with Crippen LogP contribution in [0.15, 0.2) is 23.2 Å². The number of carbonyl (C=O) groups is 1. The molecule has 0 saturated carbocycles. The lowest BCUT2D eigenvalue weighted by Crippen LogP contribution is -2.45. The van der Waals surface area contributed by atoms with E-state index in [0.717, 1.165) is 5.56 Å². The van der Waals surface area contributed by atoms with E-state index in [1.807, 2.05) is 32.9 Å². The van der Waals surface area contributed by atoms with Crippen molar-refractivity contribution in [2.45, 2.75) is 32.8 Å². The van der Waals surface area contributed by atoms with Gasteiger partial charge in [0.15, 0.2) is 5.96 Å². The average Bonchev–Trinajstić information content (AvgIpc) is 2.53. The number of nitrogens with one attached hydrogen (secondary N) is 3. The number of nitrogens with zero attached hydrogens (tertiary/aromatic N) is 1. The molecule has 0 bridgehead atoms. The Balaban J connectivity index is 0.00000576. The minimum Gasteiger partial charge on any atom is -0.377 e. The molecule has 1 aromatic rings. The second kappa shape index (κ2) is 11.5. The van der Waals surface area contributed by atoms with E-state index in [0.29, 0.717) is 36.2 Å². The highest BCUT2D eigenvalue weighted by Gasteiger charge is 2.16. The maximum atomic E-state index is 12.0. The van der Waals surface area contributed by atoms with Crippen molar-refractivity contribution >= 4 is 53.1 Å². The Bertz CT molecular complexity index is 594. The van der Waals surface area contributed by atoms with Gasteiger partial charge in [-0.15, -0.1) is 24.0 Å². The summed E-state index contributed by atoms with van der Waals surface area (Å²) in [4.78, 5) is 16.1. The topological polar surface area (TPSA) is 74.8 Å². The molecule has 0 spiro atoms. The number of hydrogen-bond acceptors (Lipinski definition) is 3. The van der Waals surface area contributed by atoms with Gasteiger partial charge in [0, 0.05) is 33.7 Å². The number of benzene rings is 1. The molecule has 25 heavy (non-hydrogen) atoms. The molecule has 0 aromatic heterocycles. The SMILES string of the molecule is CN=C(NCCC(=O)Nc1ccc(C)cc1Cl)NCC(C)(C)OC.I. The Morgan fingerprint density at radius 3 is 2.56 bits per heavy atom. The molecule has 3 N–H and O–H groups in total. The monoisotopic (exact) mass is 482 g/mol. The molecule has 6 nitrogen and oxygen atoms in total. The van der Waals surface area contributed by atoms with Gasteiger partial charge >= 0.3 is 0 Å². The van der Waals surface area contributed by atoms with E-state index < -0.39 is 0 Å². The number of aryl methyl sites for hydroxylation is 1. The van der Waals surface area contributed by atoms with E-state index in [9.17, 15) is 4.79 Å². The zero-order valence-electron chi connectivity index (χ0n) is 15.4. The first kappa shape index (κ1) is 23.9. The van der Waals surface area contributed by atoms with Gasteiger partial charge in [0.1, 0.15) is 0 Å². The van der Waals surface area contributed by atoms with Crippen LogP contribution in [0, 0.1) is 6.92 Å². The highest BCUT2D eigenvalue weighted by Crippen LogP contribution is 2.22. The third-order valence-corrected chi connectivity index (χ3v) is 3.81. The maximum Gasteiger partial charge on any atom is 0.226 e. The molecule has 0 aliphatic carbocycles. The summed E-state index contributed by atoms with van der Waals surface area (Å²) in [6, 6.07) is 5.53. The van der Waals surface area contributed by atoms with Gasteiger partial charge < -0.3 is 20.7 Å². The van der Waals surface area contributed by atoms with E-state index in [1.54, 1.807) is 20.2 Å². The number of guanidine groups is 1. The molecular weight excluding hydrogens is 455 g/mol. The van der Waals surface area contributed by atoms with Crippen LogP contribution in [0.5, 0.6) is 0 Å². The minimum absolute atomic E-state index is 0. The number of carbonyl (C=O) groups excluding carboxylic acids is 1. The number of methoxy groups -OCH3 is 1. The number of anilines is 1. The van der Waals surface area contributed by atoms with Gasteiger partial charge in [-0.3, -0.25) is 9.79 Å². The normalized spacial score (nSPS) is 11.5. The van der Waals surface area contributed by atoms with Crippen molar-refractivity contribution in [3.8, 4) is 0 Å². The summed E-state index contributed by atoms with van der Waals surface area (Å²) in [6.07, 6.45) is 0.304. The molecule has 8 heteroatoms. The number of hydrogen-bond donors (Lipinski definition) is 3. The lowest BCUT2D eigenvalue weighted by Gasteiger charge is -2.24. The van der Waals surface area contributed by atoms with Crippen LogP contribution in [0.25, 0.3) is 0 Å². The lowest BCUT2D eigenvalue weighted by atomic mass is 10.1. The first-order valence-electron chi connectivity index (χ1n) is 7.83. The van der Waals surface area contributed by atoms with Crippen LogP contribution in [0.4, 0.5) is 5.69 Å². The number of amides is 1. The van der Waals surface area contributed by atoms with Gasteiger partial charge in [-0.25, -0.2) is 0 Å². The molecular formula is C17H28ClIN4O2. The molecule has 1 rings (SSSR count). The molecule has 0 unspecified atom stereocenters. The molecule has 0 aliphatic heterocycles. The summed E-state index contributed by atoms with van der Waals surface area (Å²) >= 11 is 6.11. The largest absolute Gasteiger partial charge is 0.377 e. The summed E-state index contributed by atoms with van der Waals surface area (Å²) in [6.45, 7) is 6.97. The Kier molecular flexibility index (Phi) is 11.0. The average molecular weight is 483 g/mol. The van der Waals surface area contributed by atoms with Gasteiger partial charge in [-0.05, 0) is 38.5 Å². The van der Waals surface area contributed by atoms with Gasteiger partial charge in [-0.2, -0.15) is 0 Å². The van der Waals surface area contributed by atoms with Gasteiger partial charge in [0.25, 0.3) is 0 Å². The van der Waals surface area contributed by atoms with Crippen molar-refractivity contribution in [2.24, 2.45) is 4.99 Å². The summed E-state index contributed by atoms with van der Waals surface area (Å²) in [5.41, 5.74) is 1.38. The van der Waals surface area contributed by atoms with Crippen LogP contribution in [-0.2, 0) is 9.53 Å². The molecule has 0 fully saturated rings. The highest BCUT2D eigenvalue weighted by molar-refractivity contribution is 14.0. The number of halogens is 2. The fourth-order valence-electron chi connectivity index (χ4n) is 1.82. The second-order valence-electron chi connectivity index (χ2n) is 6.10. The fraction of sp³-hybridized carbons (Fsp3) is 0.529. The van der Waals surface area contributed by atoms with Crippen molar-refractivity contribution in [3.63, 3.8) is 0 Å². The van der Waals surface area contributed by atoms with Crippen molar-refractivity contribution in [1.29, 1.82) is 0 Å². The number of aliphatic imine (C=N–C) groups is 1. The summed E-state index contributed by atoms with van der Waals surface area (Å²) in [7, 11) is 3.35. The predicted molar refractivity (Wildman–Crippen MR) is 115 cm³/mol. The standard InChI is InChI=1S/C17H27ClN4O2.HI/c1-12-6-7-14(13(18)10-12)22-15(23)8-9-20-16(19-4)21-11-17(2,3)24-5;/h6-7,10H,8-9,11H2,1-5H3,(H,22,23)(H2,19,20,21);1H. The molecule has 0 saturated heterocycles. The maximum absolute atomic E-state index is 12.0. The quantitative estimate of drug-likeness (QED) is 0.317. The van der Waals surface area contributed by atoms with E-state index in [1.165, 1.54) is 0 Å². The Labute approximate surface area is 172 Å². The van der Waals surface area contributed by atoms with Crippen LogP contribution in [0.2, 0.25) is 5.02 Å². The van der Waals surface area contributed by atoms with Crippen LogP contribution in [0.1, 0.15) is 25.8 Å². The van der Waals surface area contributed by atoms with Crippen LogP contribution < -0.4 is 16.0 Å². The molecule has 1 amide bonds. The lowest BCUT2D eigenvalue weighted by molar-refractivity contribution is -0.116. The van der Waals surface area contributed by atoms with Crippen LogP contribution in [-0.4, -0.2) is 44.7 Å². The van der Waals surface area contributed by atoms with Crippen LogP contribution in [0.3, 0.4) is 0 Å². The molecule has 142 valence electrons. The molecule has 0 aliphatic rings. The zero-order chi connectivity index (χ0) is 18.2. The minimum atomic E-state index is -0.294. The second-order valence-corrected chi connectivity index (χ2v) is 6.51. The Hall–Kier alpha value is -1.06. The van der Waals surface area contributed by atoms with E-state index in [2.05, 4.69) is 20.9 Å². The first-order chi connectivity index (χ1) is 11.3. The number of rotatable bonds is 7. The molecule has 0 radical (unpaired) electrons. The fourth-order valence-corrected chi connectivity index (χ4v) is 2.10. The Morgan fingerprint density at radius 2 is 2.00 bits per heavy atom. The molecule has 0 atom stereocenters. The van der Waals surface area contributed by atoms with E-state index in [-0.39, 0.29) is 35.5 Å². The smallest absolute Gasteiger partial charge is 0.226 e. The third-order valence-electron chi connectivity index (χ3n) is 3.50. The van der Waals surface area contributed by atoms with Gasteiger partial charge in [0.2, 0.25) is 5.91 Å². The van der Waals surface area contributed by atoms with Crippen molar-refractivity contribution in [1.82, 2.24) is 10.6 Å².